The van der Waals surface area contributed by atoms with Gasteiger partial charge in [0.05, 0.1) is 16.3 Å². The van der Waals surface area contributed by atoms with Gasteiger partial charge in [0.25, 0.3) is 11.8 Å². The van der Waals surface area contributed by atoms with Crippen LogP contribution in [-0.2, 0) is 4.79 Å². The summed E-state index contributed by atoms with van der Waals surface area (Å²) >= 11 is 5.89. The van der Waals surface area contributed by atoms with E-state index in [-0.39, 0.29) is 16.5 Å². The smallest absolute Gasteiger partial charge is 0.267 e. The van der Waals surface area contributed by atoms with Crippen molar-refractivity contribution in [1.82, 2.24) is 0 Å². The minimum absolute atomic E-state index is 0.0284. The number of nitrogens with zero attached hydrogens (tertiary/aromatic N) is 1. The average Bonchev–Trinajstić information content (AvgIpc) is 2.52. The normalized spacial score (nSPS) is 16.4. The van der Waals surface area contributed by atoms with Crippen molar-refractivity contribution in [1.29, 1.82) is 0 Å². The van der Waals surface area contributed by atoms with Gasteiger partial charge in [0.1, 0.15) is 11.6 Å². The van der Waals surface area contributed by atoms with Gasteiger partial charge in [-0.05, 0) is 31.2 Å². The van der Waals surface area contributed by atoms with Crippen LogP contribution in [0.2, 0.25) is 5.02 Å². The molecule has 5 nitrogen and oxygen atoms in total. The summed E-state index contributed by atoms with van der Waals surface area (Å²) < 4.78 is 19.4. The van der Waals surface area contributed by atoms with Crippen molar-refractivity contribution >= 4 is 34.8 Å². The molecule has 2 amide bonds. The van der Waals surface area contributed by atoms with Crippen LogP contribution in [0, 0.1) is 5.82 Å². The van der Waals surface area contributed by atoms with E-state index in [2.05, 4.69) is 5.32 Å². The Hall–Kier alpha value is -2.60. The summed E-state index contributed by atoms with van der Waals surface area (Å²) in [6, 6.07) is 8.87. The summed E-state index contributed by atoms with van der Waals surface area (Å²) in [5.41, 5.74) is 0.784. The number of ether oxygens (including phenoxy) is 1. The second kappa shape index (κ2) is 6.13. The van der Waals surface area contributed by atoms with Crippen molar-refractivity contribution in [2.45, 2.75) is 13.0 Å². The Kier molecular flexibility index (Phi) is 4.15. The first-order chi connectivity index (χ1) is 11.4. The lowest BCUT2D eigenvalue weighted by Crippen LogP contribution is -2.41. The molecule has 1 aliphatic rings. The van der Waals surface area contributed by atoms with Gasteiger partial charge in [0, 0.05) is 18.8 Å². The van der Waals surface area contributed by atoms with Crippen LogP contribution in [0.4, 0.5) is 15.8 Å². The van der Waals surface area contributed by atoms with Gasteiger partial charge in [0.2, 0.25) is 0 Å². The minimum Gasteiger partial charge on any atom is -0.479 e. The Labute approximate surface area is 143 Å². The molecule has 0 fully saturated rings. The number of carbonyl (C=O) groups excluding carboxylic acids is 2. The van der Waals surface area contributed by atoms with Crippen LogP contribution >= 0.6 is 11.6 Å². The van der Waals surface area contributed by atoms with Crippen molar-refractivity contribution in [3.05, 3.63) is 52.8 Å². The zero-order valence-electron chi connectivity index (χ0n) is 13.0. The molecule has 0 saturated carbocycles. The van der Waals surface area contributed by atoms with Crippen LogP contribution < -0.4 is 15.0 Å². The molecule has 3 rings (SSSR count). The quantitative estimate of drug-likeness (QED) is 0.904. The number of nitrogens with one attached hydrogen (secondary N) is 1. The Morgan fingerprint density at radius 1 is 1.33 bits per heavy atom. The maximum absolute atomic E-state index is 13.8. The molecule has 2 aromatic rings. The first kappa shape index (κ1) is 16.3. The highest BCUT2D eigenvalue weighted by Gasteiger charge is 2.29. The molecule has 1 aliphatic heterocycles. The fourth-order valence-electron chi connectivity index (χ4n) is 2.50. The van der Waals surface area contributed by atoms with Crippen LogP contribution in [-0.4, -0.2) is 25.0 Å². The first-order valence-electron chi connectivity index (χ1n) is 7.22. The fourth-order valence-corrected chi connectivity index (χ4v) is 2.75. The molecule has 0 bridgehead atoms. The third kappa shape index (κ3) is 2.80. The van der Waals surface area contributed by atoms with Crippen LogP contribution in [0.5, 0.6) is 5.75 Å². The zero-order chi connectivity index (χ0) is 17.4. The first-order valence-corrected chi connectivity index (χ1v) is 7.60. The number of hydrogen-bond acceptors (Lipinski definition) is 3. The molecule has 24 heavy (non-hydrogen) atoms. The molecule has 2 aromatic carbocycles. The lowest BCUT2D eigenvalue weighted by Gasteiger charge is -2.30. The molecule has 0 aromatic heterocycles. The topological polar surface area (TPSA) is 58.6 Å². The number of rotatable bonds is 2. The fraction of sp³-hybridized carbons (Fsp3) is 0.176. The Balaban J connectivity index is 1.88. The minimum atomic E-state index is -0.701. The average molecular weight is 349 g/mol. The van der Waals surface area contributed by atoms with E-state index < -0.39 is 17.8 Å². The molecule has 1 unspecified atom stereocenters. The maximum atomic E-state index is 13.8. The van der Waals surface area contributed by atoms with Crippen molar-refractivity contribution in [3.63, 3.8) is 0 Å². The zero-order valence-corrected chi connectivity index (χ0v) is 13.7. The van der Waals surface area contributed by atoms with Crippen LogP contribution in [0.3, 0.4) is 0 Å². The van der Waals surface area contributed by atoms with Crippen LogP contribution in [0.1, 0.15) is 17.3 Å². The summed E-state index contributed by atoms with van der Waals surface area (Å²) in [5.74, 6) is -1.06. The molecule has 1 N–H and O–H groups in total. The van der Waals surface area contributed by atoms with Gasteiger partial charge in [-0.2, -0.15) is 0 Å². The lowest BCUT2D eigenvalue weighted by atomic mass is 10.1. The Morgan fingerprint density at radius 3 is 2.79 bits per heavy atom. The molecule has 124 valence electrons. The van der Waals surface area contributed by atoms with E-state index in [1.807, 2.05) is 0 Å². The van der Waals surface area contributed by atoms with Crippen molar-refractivity contribution in [3.8, 4) is 5.75 Å². The Morgan fingerprint density at radius 2 is 2.08 bits per heavy atom. The summed E-state index contributed by atoms with van der Waals surface area (Å²) in [5, 5.41) is 2.61. The summed E-state index contributed by atoms with van der Waals surface area (Å²) in [4.78, 5) is 25.6. The number of carbonyl (C=O) groups is 2. The molecule has 0 spiro atoms. The largest absolute Gasteiger partial charge is 0.479 e. The van der Waals surface area contributed by atoms with Crippen LogP contribution in [0.25, 0.3) is 0 Å². The monoisotopic (exact) mass is 348 g/mol. The number of anilines is 2. The molecule has 7 heteroatoms. The predicted octanol–water partition coefficient (Wildman–Crippen LogP) is 3.48. The van der Waals surface area contributed by atoms with Gasteiger partial charge in [-0.1, -0.05) is 17.7 Å². The van der Waals surface area contributed by atoms with Crippen molar-refractivity contribution in [2.24, 2.45) is 0 Å². The number of hydrogen-bond donors (Lipinski definition) is 1. The molecule has 1 atom stereocenters. The highest BCUT2D eigenvalue weighted by atomic mass is 35.5. The molecule has 0 radical (unpaired) electrons. The second-order valence-electron chi connectivity index (χ2n) is 5.39. The van der Waals surface area contributed by atoms with E-state index in [0.717, 1.165) is 0 Å². The van der Waals surface area contributed by atoms with E-state index in [9.17, 15) is 14.0 Å². The number of benzene rings is 2. The SMILES string of the molecule is CC1Oc2cc(NC(=O)c3c(F)cccc3Cl)ccc2N(C)C1=O. The predicted molar refractivity (Wildman–Crippen MR) is 89.3 cm³/mol. The summed E-state index contributed by atoms with van der Waals surface area (Å²) in [6.45, 7) is 1.64. The van der Waals surface area contributed by atoms with Gasteiger partial charge >= 0.3 is 0 Å². The van der Waals surface area contributed by atoms with Gasteiger partial charge in [0.15, 0.2) is 6.10 Å². The second-order valence-corrected chi connectivity index (χ2v) is 5.80. The van der Waals surface area contributed by atoms with Gasteiger partial charge in [-0.3, -0.25) is 9.59 Å². The van der Waals surface area contributed by atoms with Gasteiger partial charge in [-0.15, -0.1) is 0 Å². The van der Waals surface area contributed by atoms with E-state index in [1.165, 1.54) is 23.1 Å². The van der Waals surface area contributed by atoms with Crippen LogP contribution in [0.15, 0.2) is 36.4 Å². The third-order valence-electron chi connectivity index (χ3n) is 3.75. The Bertz CT molecular complexity index is 820. The highest BCUT2D eigenvalue weighted by Crippen LogP contribution is 2.35. The van der Waals surface area contributed by atoms with E-state index in [1.54, 1.807) is 32.2 Å². The standard InChI is InChI=1S/C17H14ClFN2O3/c1-9-17(23)21(2)13-7-6-10(8-14(13)24-9)20-16(22)15-11(18)4-3-5-12(15)19/h3-9H,1-2H3,(H,20,22). The van der Waals surface area contributed by atoms with Crippen molar-refractivity contribution in [2.75, 3.05) is 17.3 Å². The van der Waals surface area contributed by atoms with E-state index in [4.69, 9.17) is 16.3 Å². The van der Waals surface area contributed by atoms with Gasteiger partial charge in [-0.25, -0.2) is 4.39 Å². The molecule has 0 aliphatic carbocycles. The van der Waals surface area contributed by atoms with Gasteiger partial charge < -0.3 is 15.0 Å². The lowest BCUT2D eigenvalue weighted by molar-refractivity contribution is -0.125. The maximum Gasteiger partial charge on any atom is 0.267 e. The summed E-state index contributed by atoms with van der Waals surface area (Å²) in [7, 11) is 1.65. The molecule has 0 saturated heterocycles. The van der Waals surface area contributed by atoms with E-state index in [0.29, 0.717) is 17.1 Å². The highest BCUT2D eigenvalue weighted by molar-refractivity contribution is 6.34. The summed E-state index contributed by atoms with van der Waals surface area (Å²) in [6.07, 6.45) is -0.616. The van der Waals surface area contributed by atoms with Crippen molar-refractivity contribution < 1.29 is 18.7 Å². The number of fused-ring (bicyclic) bond motifs is 1. The third-order valence-corrected chi connectivity index (χ3v) is 4.07. The van der Waals surface area contributed by atoms with E-state index >= 15 is 0 Å². The molecule has 1 heterocycles. The number of halogens is 2. The molecular weight excluding hydrogens is 335 g/mol. The number of likely N-dealkylation sites (N-methyl/N-ethyl adjacent to an activating group) is 1. The molecular formula is C17H14ClFN2O3. The number of amides is 2.